The molecule has 6 atom stereocenters. The van der Waals surface area contributed by atoms with Gasteiger partial charge in [-0.15, -0.1) is 0 Å². The molecule has 3 aliphatic heterocycles. The van der Waals surface area contributed by atoms with E-state index in [-0.39, 0.29) is 52.3 Å². The quantitative estimate of drug-likeness (QED) is 0.610. The van der Waals surface area contributed by atoms with Crippen LogP contribution in [0.4, 0.5) is 0 Å². The molecule has 10 heteroatoms. The number of ether oxygens (including phenoxy) is 1. The lowest BCUT2D eigenvalue weighted by Gasteiger charge is -2.36. The Hall–Kier alpha value is -2.72. The van der Waals surface area contributed by atoms with Crippen LogP contribution >= 0.6 is 0 Å². The Morgan fingerprint density at radius 1 is 1.34 bits per heavy atom. The van der Waals surface area contributed by atoms with Crippen LogP contribution in [0.5, 0.6) is 0 Å². The summed E-state index contributed by atoms with van der Waals surface area (Å²) in [7, 11) is 1.58. The van der Waals surface area contributed by atoms with Crippen molar-refractivity contribution in [1.29, 1.82) is 0 Å². The molecular formula is C19H22N4O6. The summed E-state index contributed by atoms with van der Waals surface area (Å²) < 4.78 is 11.5. The van der Waals surface area contributed by atoms with Crippen molar-refractivity contribution in [3.05, 3.63) is 28.0 Å². The van der Waals surface area contributed by atoms with E-state index >= 15 is 0 Å². The van der Waals surface area contributed by atoms with E-state index in [9.17, 15) is 19.5 Å². The summed E-state index contributed by atoms with van der Waals surface area (Å²) in [6.45, 7) is 2.31. The third kappa shape index (κ3) is 2.55. The van der Waals surface area contributed by atoms with E-state index in [0.717, 1.165) is 0 Å². The molecule has 10 nitrogen and oxygen atoms in total. The summed E-state index contributed by atoms with van der Waals surface area (Å²) in [5.74, 6) is -0.783. The number of aromatic amines is 1. The lowest BCUT2D eigenvalue weighted by atomic mass is 9.83. The van der Waals surface area contributed by atoms with Gasteiger partial charge < -0.3 is 29.5 Å². The van der Waals surface area contributed by atoms with E-state index in [1.807, 2.05) is 0 Å². The average molecular weight is 402 g/mol. The maximum atomic E-state index is 13.3. The number of nitrogens with one attached hydrogen (secondary N) is 2. The van der Waals surface area contributed by atoms with Gasteiger partial charge in [0.1, 0.15) is 11.1 Å². The second kappa shape index (κ2) is 6.39. The number of aryl methyl sites for hydroxylation is 1. The Morgan fingerprint density at radius 3 is 2.86 bits per heavy atom. The van der Waals surface area contributed by atoms with Crippen molar-refractivity contribution in [2.75, 3.05) is 20.1 Å². The van der Waals surface area contributed by atoms with Crippen LogP contribution in [0.1, 0.15) is 22.5 Å². The van der Waals surface area contributed by atoms with Crippen molar-refractivity contribution in [3.63, 3.8) is 0 Å². The third-order valence-corrected chi connectivity index (χ3v) is 6.62. The maximum absolute atomic E-state index is 13.3. The smallest absolute Gasteiger partial charge is 0.262 e. The van der Waals surface area contributed by atoms with E-state index in [1.54, 1.807) is 18.9 Å². The fraction of sp³-hybridized carbons (Fsp3) is 0.579. The second-order valence-electron chi connectivity index (χ2n) is 8.07. The molecule has 5 heterocycles. The lowest BCUT2D eigenvalue weighted by Crippen LogP contribution is -2.47. The highest BCUT2D eigenvalue weighted by Gasteiger charge is 2.58. The van der Waals surface area contributed by atoms with E-state index in [0.29, 0.717) is 25.3 Å². The van der Waals surface area contributed by atoms with Crippen molar-refractivity contribution in [1.82, 2.24) is 20.2 Å². The summed E-state index contributed by atoms with van der Waals surface area (Å²) >= 11 is 0. The van der Waals surface area contributed by atoms with Gasteiger partial charge in [-0.3, -0.25) is 14.4 Å². The molecule has 0 aliphatic carbocycles. The molecule has 2 aromatic rings. The highest BCUT2D eigenvalue weighted by Crippen LogP contribution is 2.47. The van der Waals surface area contributed by atoms with Gasteiger partial charge in [0.05, 0.1) is 36.1 Å². The molecule has 0 unspecified atom stereocenters. The molecule has 3 N–H and O–H groups in total. The van der Waals surface area contributed by atoms with Gasteiger partial charge in [0.15, 0.2) is 0 Å². The van der Waals surface area contributed by atoms with E-state index in [1.165, 1.54) is 6.33 Å². The SMILES string of the molecule is CNC(=O)[C@H]1C[C@@H]2O[C@H]1[C@H]1CN(C(=O)c3c(C)oc4nc[nH]c(=O)c34)C[C@H]1[C@@H]2O. The molecule has 2 bridgehead atoms. The van der Waals surface area contributed by atoms with Gasteiger partial charge in [-0.2, -0.15) is 0 Å². The summed E-state index contributed by atoms with van der Waals surface area (Å²) in [6, 6.07) is 0. The molecule has 0 aromatic carbocycles. The number of likely N-dealkylation sites (tertiary alicyclic amines) is 1. The number of rotatable bonds is 2. The van der Waals surface area contributed by atoms with Gasteiger partial charge >= 0.3 is 0 Å². The summed E-state index contributed by atoms with van der Waals surface area (Å²) in [6.07, 6.45) is 0.241. The molecule has 0 saturated carbocycles. The number of hydrogen-bond donors (Lipinski definition) is 3. The predicted molar refractivity (Wildman–Crippen MR) is 99.1 cm³/mol. The fourth-order valence-corrected chi connectivity index (χ4v) is 5.27. The highest BCUT2D eigenvalue weighted by atomic mass is 16.5. The van der Waals surface area contributed by atoms with Gasteiger partial charge in [0.25, 0.3) is 11.5 Å². The first-order valence-corrected chi connectivity index (χ1v) is 9.72. The van der Waals surface area contributed by atoms with E-state index in [4.69, 9.17) is 9.15 Å². The second-order valence-corrected chi connectivity index (χ2v) is 8.07. The number of furan rings is 1. The van der Waals surface area contributed by atoms with Crippen LogP contribution in [-0.4, -0.2) is 70.2 Å². The summed E-state index contributed by atoms with van der Waals surface area (Å²) in [5, 5.41) is 13.6. The largest absolute Gasteiger partial charge is 0.442 e. The molecule has 2 aromatic heterocycles. The van der Waals surface area contributed by atoms with Gasteiger partial charge in [-0.25, -0.2) is 4.98 Å². The average Bonchev–Trinajstić information content (AvgIpc) is 3.39. The van der Waals surface area contributed by atoms with Crippen LogP contribution in [0.25, 0.3) is 11.1 Å². The monoisotopic (exact) mass is 402 g/mol. The number of aliphatic hydroxyl groups excluding tert-OH is 1. The van der Waals surface area contributed by atoms with Gasteiger partial charge in [0.2, 0.25) is 11.6 Å². The van der Waals surface area contributed by atoms with Crippen molar-refractivity contribution >= 4 is 22.9 Å². The van der Waals surface area contributed by atoms with Crippen LogP contribution in [0, 0.1) is 24.7 Å². The maximum Gasteiger partial charge on any atom is 0.262 e. The van der Waals surface area contributed by atoms with Gasteiger partial charge in [-0.1, -0.05) is 0 Å². The molecule has 0 spiro atoms. The minimum Gasteiger partial charge on any atom is -0.442 e. The first kappa shape index (κ1) is 18.3. The number of carbonyl (C=O) groups is 2. The molecule has 29 heavy (non-hydrogen) atoms. The summed E-state index contributed by atoms with van der Waals surface area (Å²) in [5.41, 5.74) is -0.126. The molecule has 154 valence electrons. The molecule has 3 fully saturated rings. The standard InChI is InChI=1S/C19H22N4O6/c1-7-12(13-17(26)21-6-22-18(13)28-7)19(27)23-4-9-10(5-23)15-8(16(25)20-2)3-11(29-15)14(9)24/h6,8-11,14-15,24H,3-5H2,1-2H3,(H,20,25)(H,21,22,26)/t8-,9+,10-,11-,14-,15+/m0/s1. The van der Waals surface area contributed by atoms with Crippen LogP contribution in [0.3, 0.4) is 0 Å². The fourth-order valence-electron chi connectivity index (χ4n) is 5.27. The Bertz CT molecular complexity index is 1060. The Balaban J connectivity index is 1.47. The highest BCUT2D eigenvalue weighted by molar-refractivity contribution is 6.06. The van der Waals surface area contributed by atoms with Crippen molar-refractivity contribution < 1.29 is 23.8 Å². The molecule has 3 aliphatic rings. The molecule has 0 radical (unpaired) electrons. The van der Waals surface area contributed by atoms with Crippen molar-refractivity contribution in [2.24, 2.45) is 17.8 Å². The summed E-state index contributed by atoms with van der Waals surface area (Å²) in [4.78, 5) is 45.9. The first-order chi connectivity index (χ1) is 13.9. The Kier molecular flexibility index (Phi) is 4.04. The zero-order valence-electron chi connectivity index (χ0n) is 16.0. The number of aliphatic hydroxyl groups is 1. The van der Waals surface area contributed by atoms with Gasteiger partial charge in [0, 0.05) is 32.0 Å². The van der Waals surface area contributed by atoms with Crippen molar-refractivity contribution in [3.8, 4) is 0 Å². The van der Waals surface area contributed by atoms with Crippen LogP contribution in [0.15, 0.2) is 15.5 Å². The zero-order chi connectivity index (χ0) is 20.4. The van der Waals surface area contributed by atoms with Crippen LogP contribution in [-0.2, 0) is 9.53 Å². The number of carbonyl (C=O) groups excluding carboxylic acids is 2. The van der Waals surface area contributed by atoms with Crippen molar-refractivity contribution in [2.45, 2.75) is 31.7 Å². The molecular weight excluding hydrogens is 380 g/mol. The normalized spacial score (nSPS) is 33.1. The van der Waals surface area contributed by atoms with E-state index in [2.05, 4.69) is 15.3 Å². The molecule has 2 amide bonds. The van der Waals surface area contributed by atoms with Gasteiger partial charge in [-0.05, 0) is 13.3 Å². The Morgan fingerprint density at radius 2 is 2.10 bits per heavy atom. The molecule has 5 rings (SSSR count). The topological polar surface area (TPSA) is 138 Å². The minimum absolute atomic E-state index is 0.107. The number of H-pyrrole nitrogens is 1. The number of hydrogen-bond acceptors (Lipinski definition) is 7. The third-order valence-electron chi connectivity index (χ3n) is 6.62. The first-order valence-electron chi connectivity index (χ1n) is 9.72. The lowest BCUT2D eigenvalue weighted by molar-refractivity contribution is -0.140. The zero-order valence-corrected chi connectivity index (χ0v) is 16.0. The number of nitrogens with zero attached hydrogens (tertiary/aromatic N) is 2. The van der Waals surface area contributed by atoms with E-state index < -0.39 is 17.8 Å². The molecule has 3 saturated heterocycles. The number of amides is 2. The number of fused-ring (bicyclic) bond motifs is 5. The number of aromatic nitrogens is 2. The Labute approximate surface area is 165 Å². The predicted octanol–water partition coefficient (Wildman–Crippen LogP) is -0.593. The minimum atomic E-state index is -0.740. The van der Waals surface area contributed by atoms with Crippen LogP contribution < -0.4 is 10.9 Å². The van der Waals surface area contributed by atoms with Crippen LogP contribution in [0.2, 0.25) is 0 Å².